The molecular formula is C61H80N12O12S. The van der Waals surface area contributed by atoms with Crippen LogP contribution in [0.2, 0.25) is 0 Å². The molecule has 5 heterocycles. The zero-order chi connectivity index (χ0) is 60.8. The second kappa shape index (κ2) is 29.2. The smallest absolute Gasteiger partial charge is 0.326 e. The molecule has 4 aromatic heterocycles. The normalized spacial score (nSPS) is 15.5. The van der Waals surface area contributed by atoms with Gasteiger partial charge in [-0.05, 0) is 136 Å². The van der Waals surface area contributed by atoms with Crippen LogP contribution >= 0.6 is 0 Å². The van der Waals surface area contributed by atoms with Crippen LogP contribution in [0.15, 0.2) is 85.3 Å². The van der Waals surface area contributed by atoms with E-state index in [1.54, 1.807) is 48.3 Å². The van der Waals surface area contributed by atoms with Crippen molar-refractivity contribution >= 4 is 39.4 Å². The summed E-state index contributed by atoms with van der Waals surface area (Å²) in [5.41, 5.74) is 5.51. The molecule has 3 amide bonds. The molecule has 0 spiro atoms. The largest absolute Gasteiger partial charge is 0.488 e. The van der Waals surface area contributed by atoms with Gasteiger partial charge in [0.2, 0.25) is 21.8 Å². The zero-order valence-electron chi connectivity index (χ0n) is 49.6. The van der Waals surface area contributed by atoms with Crippen LogP contribution < -0.4 is 25.4 Å². The number of rotatable bonds is 35. The predicted molar refractivity (Wildman–Crippen MR) is 318 cm³/mol. The van der Waals surface area contributed by atoms with Crippen LogP contribution in [0.5, 0.6) is 17.4 Å². The molecule has 5 N–H and O–H groups in total. The van der Waals surface area contributed by atoms with Crippen LogP contribution in [0, 0.1) is 30.1 Å². The summed E-state index contributed by atoms with van der Waals surface area (Å²) < 4.78 is 60.0. The maximum Gasteiger partial charge on any atom is 0.326 e. The van der Waals surface area contributed by atoms with Crippen LogP contribution in [-0.4, -0.2) is 145 Å². The summed E-state index contributed by atoms with van der Waals surface area (Å²) in [5, 5.41) is 38.6. The minimum Gasteiger partial charge on any atom is -0.488 e. The van der Waals surface area contributed by atoms with Gasteiger partial charge in [0.05, 0.1) is 56.1 Å². The molecule has 86 heavy (non-hydrogen) atoms. The molecule has 3 aliphatic rings. The van der Waals surface area contributed by atoms with E-state index in [4.69, 9.17) is 23.7 Å². The van der Waals surface area contributed by atoms with Gasteiger partial charge in [-0.3, -0.25) is 28.8 Å². The van der Waals surface area contributed by atoms with Gasteiger partial charge in [-0.1, -0.05) is 44.2 Å². The van der Waals surface area contributed by atoms with Crippen LogP contribution in [0.1, 0.15) is 123 Å². The topological polar surface area (TPSA) is 298 Å². The third kappa shape index (κ3) is 18.2. The number of benzene rings is 2. The van der Waals surface area contributed by atoms with Gasteiger partial charge in [-0.15, -0.1) is 5.10 Å². The molecule has 24 nitrogen and oxygen atoms in total. The average Bonchev–Trinajstić information content (AvgIpc) is 2.35. The molecule has 2 aliphatic carbocycles. The number of pyridine rings is 1. The lowest BCUT2D eigenvalue weighted by atomic mass is 9.88. The molecule has 2 saturated carbocycles. The minimum absolute atomic E-state index is 0.0754. The van der Waals surface area contributed by atoms with E-state index in [0.717, 1.165) is 73.2 Å². The lowest BCUT2D eigenvalue weighted by Gasteiger charge is -2.37. The number of unbranched alkanes of at least 4 members (excludes halogenated alkanes) is 2. The van der Waals surface area contributed by atoms with E-state index < -0.39 is 34.0 Å². The van der Waals surface area contributed by atoms with Crippen molar-refractivity contribution in [2.24, 2.45) is 30.2 Å². The van der Waals surface area contributed by atoms with Gasteiger partial charge in [0.25, 0.3) is 11.8 Å². The van der Waals surface area contributed by atoms with Gasteiger partial charge < -0.3 is 44.7 Å². The van der Waals surface area contributed by atoms with Crippen LogP contribution in [-0.2, 0) is 60.6 Å². The van der Waals surface area contributed by atoms with E-state index >= 15 is 0 Å². The monoisotopic (exact) mass is 1200 g/mol. The van der Waals surface area contributed by atoms with Gasteiger partial charge in [-0.2, -0.15) is 14.5 Å². The van der Waals surface area contributed by atoms with Crippen molar-refractivity contribution < 1.29 is 56.4 Å². The Hall–Kier alpha value is -7.58. The number of carboxylic acid groups (broad SMARTS) is 1. The van der Waals surface area contributed by atoms with Gasteiger partial charge >= 0.3 is 5.97 Å². The fourth-order valence-electron chi connectivity index (χ4n) is 10.4. The summed E-state index contributed by atoms with van der Waals surface area (Å²) in [7, 11) is -1.81. The first-order valence-corrected chi connectivity index (χ1v) is 31.2. The summed E-state index contributed by atoms with van der Waals surface area (Å²) in [6.07, 6.45) is 12.8. The summed E-state index contributed by atoms with van der Waals surface area (Å²) in [4.78, 5) is 55.9. The number of sulfonamides is 1. The highest BCUT2D eigenvalue weighted by molar-refractivity contribution is 7.89. The Balaban J connectivity index is 0.596. The number of nitrogens with one attached hydrogen (secondary N) is 4. The molecule has 462 valence electrons. The standard InChI is InChI=1S/C61H80N12O12S/c1-40-54(41-17-20-45(21-18-41)64-59(76)56(55(42-13-14-42)43-15-16-43)66-58(75)52-24-26-63-71(52)5)51(69-67-40)39-83-29-7-6-27-72-35-46(68-70-72)38-82-30-9-8-28-81-31-32-86(79,80)73-36-49(37-73)84-47-11-10-12-48(33-47)85-53-22-19-44(34-62-53)57(74)65-50(60(77)78)23-25-61(2,3)4/h10-12,17-22,24,26,33-35,42-43,49-50,55-56H,6-9,13-16,23,25,27-32,36-39H2,1-5H3,(H,64,76)(H,65,74)(H,66,75)(H,67,69)(H,77,78)/t50?,56-/m0/s1. The lowest BCUT2D eigenvalue weighted by Crippen LogP contribution is -2.56. The summed E-state index contributed by atoms with van der Waals surface area (Å²) in [6, 6.07) is 17.6. The first-order chi connectivity index (χ1) is 41.4. The molecule has 9 rings (SSSR count). The van der Waals surface area contributed by atoms with Gasteiger partial charge in [0.15, 0.2) is 0 Å². The molecule has 1 aliphatic heterocycles. The minimum atomic E-state index is -3.53. The zero-order valence-corrected chi connectivity index (χ0v) is 50.4. The van der Waals surface area contributed by atoms with E-state index in [0.29, 0.717) is 93.6 Å². The van der Waals surface area contributed by atoms with Crippen LogP contribution in [0.4, 0.5) is 5.69 Å². The summed E-state index contributed by atoms with van der Waals surface area (Å²) in [5.74, 6) is -0.166. The number of carbonyl (C=O) groups is 4. The second-order valence-electron chi connectivity index (χ2n) is 23.7. The molecular weight excluding hydrogens is 1120 g/mol. The fraction of sp³-hybridized carbons (Fsp3) is 0.525. The maximum absolute atomic E-state index is 13.9. The number of hydrogen-bond acceptors (Lipinski definition) is 16. The number of ether oxygens (including phenoxy) is 5. The Morgan fingerprint density at radius 3 is 2.22 bits per heavy atom. The molecule has 2 aromatic carbocycles. The molecule has 3 fully saturated rings. The molecule has 25 heteroatoms. The Bertz CT molecular complexity index is 3320. The first kappa shape index (κ1) is 62.9. The van der Waals surface area contributed by atoms with Crippen molar-refractivity contribution in [1.29, 1.82) is 0 Å². The number of carbonyl (C=O) groups excluding carboxylic acids is 3. The maximum atomic E-state index is 13.9. The van der Waals surface area contributed by atoms with Gasteiger partial charge in [-0.25, -0.2) is 18.2 Å². The number of aromatic nitrogens is 8. The van der Waals surface area contributed by atoms with Crippen molar-refractivity contribution in [3.8, 4) is 28.5 Å². The molecule has 1 saturated heterocycles. The van der Waals surface area contributed by atoms with Crippen molar-refractivity contribution in [1.82, 2.24) is 54.9 Å². The van der Waals surface area contributed by atoms with Crippen molar-refractivity contribution in [3.63, 3.8) is 0 Å². The first-order valence-electron chi connectivity index (χ1n) is 29.6. The number of aryl methyl sites for hydroxylation is 3. The van der Waals surface area contributed by atoms with E-state index in [9.17, 15) is 32.7 Å². The third-order valence-corrected chi connectivity index (χ3v) is 17.2. The summed E-state index contributed by atoms with van der Waals surface area (Å²) >= 11 is 0. The highest BCUT2D eigenvalue weighted by Crippen LogP contribution is 2.51. The number of nitrogens with zero attached hydrogens (tertiary/aromatic N) is 8. The molecule has 6 aromatic rings. The van der Waals surface area contributed by atoms with Crippen LogP contribution in [0.3, 0.4) is 0 Å². The van der Waals surface area contributed by atoms with E-state index in [1.807, 2.05) is 58.2 Å². The van der Waals surface area contributed by atoms with E-state index in [2.05, 4.69) is 46.5 Å². The van der Waals surface area contributed by atoms with Gasteiger partial charge in [0.1, 0.15) is 41.1 Å². The number of aromatic amines is 1. The third-order valence-electron chi connectivity index (χ3n) is 15.4. The van der Waals surface area contributed by atoms with E-state index in [1.165, 1.54) is 27.3 Å². The molecule has 0 bridgehead atoms. The van der Waals surface area contributed by atoms with E-state index in [-0.39, 0.29) is 66.1 Å². The van der Waals surface area contributed by atoms with Crippen LogP contribution in [0.25, 0.3) is 11.1 Å². The summed E-state index contributed by atoms with van der Waals surface area (Å²) in [6.45, 7) is 11.3. The number of anilines is 1. The Labute approximate surface area is 501 Å². The fourth-order valence-corrected chi connectivity index (χ4v) is 11.7. The average molecular weight is 1210 g/mol. The predicted octanol–water partition coefficient (Wildman–Crippen LogP) is 7.48. The number of H-pyrrole nitrogens is 1. The number of aliphatic carboxylic acids is 1. The lowest BCUT2D eigenvalue weighted by molar-refractivity contribution is -0.139. The van der Waals surface area contributed by atoms with Crippen molar-refractivity contribution in [2.75, 3.05) is 50.6 Å². The Morgan fingerprint density at radius 2 is 1.55 bits per heavy atom. The van der Waals surface area contributed by atoms with Crippen molar-refractivity contribution in [2.45, 2.75) is 130 Å². The molecule has 2 atom stereocenters. The highest BCUT2D eigenvalue weighted by Gasteiger charge is 2.48. The van der Waals surface area contributed by atoms with Gasteiger partial charge in [0, 0.05) is 74.9 Å². The Kier molecular flexibility index (Phi) is 21.4. The quantitative estimate of drug-likeness (QED) is 0.0241. The molecule has 0 radical (unpaired) electrons. The number of hydrogen-bond donors (Lipinski definition) is 5. The Morgan fingerprint density at radius 1 is 0.837 bits per heavy atom. The van der Waals surface area contributed by atoms with Crippen molar-refractivity contribution in [3.05, 3.63) is 114 Å². The molecule has 1 unspecified atom stereocenters. The number of amides is 3. The second-order valence-corrected chi connectivity index (χ2v) is 25.8. The SMILES string of the molecule is Cc1[nH]nc(COCCCCn2cc(COCCCCOCCS(=O)(=O)N3CC(Oc4cccc(Oc5ccc(C(=O)NC(CCC(C)(C)C)C(=O)O)cn5)c4)C3)nn2)c1-c1ccc(NC(=O)[C@@H](NC(=O)c2ccnn2C)C(C2CC2)C2CC2)cc1. The number of carboxylic acids is 1. The highest BCUT2D eigenvalue weighted by atomic mass is 32.2.